The molecule has 4 aromatic rings. The normalized spacial score (nSPS) is 10.7. The van der Waals surface area contributed by atoms with Crippen molar-refractivity contribution in [3.8, 4) is 11.3 Å². The predicted molar refractivity (Wildman–Crippen MR) is 100 cm³/mol. The van der Waals surface area contributed by atoms with Crippen LogP contribution in [0.15, 0.2) is 60.9 Å². The molecule has 0 aliphatic carbocycles. The van der Waals surface area contributed by atoms with Gasteiger partial charge in [-0.15, -0.1) is 0 Å². The number of carbonyl (C=O) groups excluding carboxylic acids is 1. The molecule has 134 valence electrons. The molecular weight excluding hydrogens is 347 g/mol. The van der Waals surface area contributed by atoms with E-state index in [0.717, 1.165) is 5.69 Å². The maximum Gasteiger partial charge on any atom is 0.254 e. The van der Waals surface area contributed by atoms with Gasteiger partial charge in [0.05, 0.1) is 5.69 Å². The first-order valence-electron chi connectivity index (χ1n) is 8.20. The molecule has 0 unspecified atom stereocenters. The fraction of sp³-hybridized carbons (Fsp3) is 0.0526. The number of aromatic nitrogens is 4. The monoisotopic (exact) mass is 362 g/mol. The Balaban J connectivity index is 1.74. The van der Waals surface area contributed by atoms with Crippen LogP contribution in [-0.4, -0.2) is 25.5 Å². The van der Waals surface area contributed by atoms with Crippen LogP contribution in [0.3, 0.4) is 0 Å². The molecule has 0 fully saturated rings. The highest BCUT2D eigenvalue weighted by Crippen LogP contribution is 2.25. The second-order valence-corrected chi connectivity index (χ2v) is 5.90. The number of halogens is 1. The zero-order chi connectivity index (χ0) is 18.8. The van der Waals surface area contributed by atoms with Crippen molar-refractivity contribution in [3.63, 3.8) is 0 Å². The standard InChI is InChI=1S/C19H15FN6O/c1-12(27)23-15-6-3-7-16(9-15)24-18-10-17(13-4-2-5-14(20)8-13)26-19(25-18)21-11-22-26/h2-11H,1H3,(H,23,27)(H,21,22,24,25). The van der Waals surface area contributed by atoms with Gasteiger partial charge in [0.2, 0.25) is 5.91 Å². The minimum Gasteiger partial charge on any atom is -0.340 e. The third-order valence-corrected chi connectivity index (χ3v) is 3.83. The minimum atomic E-state index is -0.338. The zero-order valence-electron chi connectivity index (χ0n) is 14.3. The van der Waals surface area contributed by atoms with Crippen LogP contribution >= 0.6 is 0 Å². The van der Waals surface area contributed by atoms with Crippen LogP contribution in [0.1, 0.15) is 6.92 Å². The van der Waals surface area contributed by atoms with E-state index in [4.69, 9.17) is 0 Å². The third-order valence-electron chi connectivity index (χ3n) is 3.83. The molecule has 8 heteroatoms. The van der Waals surface area contributed by atoms with Crippen molar-refractivity contribution in [1.82, 2.24) is 19.6 Å². The summed E-state index contributed by atoms with van der Waals surface area (Å²) in [5, 5.41) is 10.1. The highest BCUT2D eigenvalue weighted by Gasteiger charge is 2.11. The number of amides is 1. The topological polar surface area (TPSA) is 84.2 Å². The maximum absolute atomic E-state index is 13.7. The third kappa shape index (κ3) is 3.59. The lowest BCUT2D eigenvalue weighted by molar-refractivity contribution is -0.114. The molecule has 7 nitrogen and oxygen atoms in total. The highest BCUT2D eigenvalue weighted by molar-refractivity contribution is 5.89. The van der Waals surface area contributed by atoms with Gasteiger partial charge in [-0.25, -0.2) is 4.39 Å². The second kappa shape index (κ2) is 6.83. The van der Waals surface area contributed by atoms with E-state index in [1.807, 2.05) is 12.1 Å². The van der Waals surface area contributed by atoms with Crippen LogP contribution in [0.2, 0.25) is 0 Å². The molecule has 2 aromatic heterocycles. The molecular formula is C19H15FN6O. The average Bonchev–Trinajstić information content (AvgIpc) is 3.09. The van der Waals surface area contributed by atoms with Crippen LogP contribution in [0.25, 0.3) is 17.0 Å². The molecule has 1 amide bonds. The Labute approximate surface area is 153 Å². The maximum atomic E-state index is 13.7. The van der Waals surface area contributed by atoms with E-state index in [1.54, 1.807) is 34.8 Å². The van der Waals surface area contributed by atoms with Gasteiger partial charge in [-0.05, 0) is 30.3 Å². The first kappa shape index (κ1) is 16.6. The lowest BCUT2D eigenvalue weighted by atomic mass is 10.1. The summed E-state index contributed by atoms with van der Waals surface area (Å²) in [6.45, 7) is 1.45. The molecule has 0 spiro atoms. The molecule has 0 radical (unpaired) electrons. The average molecular weight is 362 g/mol. The van der Waals surface area contributed by atoms with Gasteiger partial charge in [0.25, 0.3) is 5.78 Å². The first-order chi connectivity index (χ1) is 13.1. The predicted octanol–water partition coefficient (Wildman–Crippen LogP) is 3.63. The lowest BCUT2D eigenvalue weighted by Gasteiger charge is -2.11. The summed E-state index contributed by atoms with van der Waals surface area (Å²) in [6.07, 6.45) is 1.40. The van der Waals surface area contributed by atoms with Gasteiger partial charge in [0, 0.05) is 29.9 Å². The molecule has 27 heavy (non-hydrogen) atoms. The number of nitrogens with zero attached hydrogens (tertiary/aromatic N) is 4. The van der Waals surface area contributed by atoms with Gasteiger partial charge in [-0.2, -0.15) is 19.6 Å². The largest absolute Gasteiger partial charge is 0.340 e. The smallest absolute Gasteiger partial charge is 0.254 e. The van der Waals surface area contributed by atoms with Crippen LogP contribution in [0.4, 0.5) is 21.6 Å². The van der Waals surface area contributed by atoms with Gasteiger partial charge in [0.15, 0.2) is 0 Å². The summed E-state index contributed by atoms with van der Waals surface area (Å²) in [4.78, 5) is 19.8. The fourth-order valence-electron chi connectivity index (χ4n) is 2.76. The van der Waals surface area contributed by atoms with E-state index in [0.29, 0.717) is 28.5 Å². The van der Waals surface area contributed by atoms with Crippen molar-refractivity contribution < 1.29 is 9.18 Å². The van der Waals surface area contributed by atoms with E-state index in [9.17, 15) is 9.18 Å². The Morgan fingerprint density at radius 1 is 1.07 bits per heavy atom. The van der Waals surface area contributed by atoms with Gasteiger partial charge in [0.1, 0.15) is 18.0 Å². The van der Waals surface area contributed by atoms with Crippen molar-refractivity contribution in [2.75, 3.05) is 10.6 Å². The number of anilines is 3. The lowest BCUT2D eigenvalue weighted by Crippen LogP contribution is -2.06. The fourth-order valence-corrected chi connectivity index (χ4v) is 2.76. The second-order valence-electron chi connectivity index (χ2n) is 5.90. The number of carbonyl (C=O) groups is 1. The van der Waals surface area contributed by atoms with Gasteiger partial charge >= 0.3 is 0 Å². The SMILES string of the molecule is CC(=O)Nc1cccc(Nc2cc(-c3cccc(F)c3)n3ncnc3n2)c1. The molecule has 2 N–H and O–H groups in total. The van der Waals surface area contributed by atoms with Crippen LogP contribution < -0.4 is 10.6 Å². The van der Waals surface area contributed by atoms with Crippen molar-refractivity contribution in [2.24, 2.45) is 0 Å². The molecule has 2 heterocycles. The molecule has 0 atom stereocenters. The number of fused-ring (bicyclic) bond motifs is 1. The van der Waals surface area contributed by atoms with Crippen LogP contribution in [-0.2, 0) is 4.79 Å². The van der Waals surface area contributed by atoms with Gasteiger partial charge in [-0.1, -0.05) is 18.2 Å². The molecule has 4 rings (SSSR count). The Kier molecular flexibility index (Phi) is 4.21. The van der Waals surface area contributed by atoms with Crippen LogP contribution in [0.5, 0.6) is 0 Å². The highest BCUT2D eigenvalue weighted by atomic mass is 19.1. The molecule has 0 aliphatic rings. The Morgan fingerprint density at radius 3 is 2.70 bits per heavy atom. The van der Waals surface area contributed by atoms with E-state index in [2.05, 4.69) is 25.7 Å². The number of benzene rings is 2. The summed E-state index contributed by atoms with van der Waals surface area (Å²) in [6, 6.07) is 15.3. The summed E-state index contributed by atoms with van der Waals surface area (Å²) in [5.74, 6) is 0.422. The number of nitrogens with one attached hydrogen (secondary N) is 2. The summed E-state index contributed by atoms with van der Waals surface area (Å²) >= 11 is 0. The Morgan fingerprint density at radius 2 is 1.89 bits per heavy atom. The summed E-state index contributed by atoms with van der Waals surface area (Å²) in [5.41, 5.74) is 2.71. The molecule has 0 aliphatic heterocycles. The van der Waals surface area contributed by atoms with Crippen molar-refractivity contribution in [2.45, 2.75) is 6.92 Å². The summed E-state index contributed by atoms with van der Waals surface area (Å²) in [7, 11) is 0. The Hall–Kier alpha value is -3.81. The van der Waals surface area contributed by atoms with Gasteiger partial charge < -0.3 is 10.6 Å². The molecule has 0 bridgehead atoms. The number of hydrogen-bond donors (Lipinski definition) is 2. The van der Waals surface area contributed by atoms with Crippen molar-refractivity contribution >= 4 is 28.9 Å². The van der Waals surface area contributed by atoms with E-state index in [-0.39, 0.29) is 11.7 Å². The number of rotatable bonds is 4. The molecule has 2 aromatic carbocycles. The quantitative estimate of drug-likeness (QED) is 0.579. The summed E-state index contributed by atoms with van der Waals surface area (Å²) < 4.78 is 15.2. The zero-order valence-corrected chi connectivity index (χ0v) is 14.3. The molecule has 0 saturated carbocycles. The van der Waals surface area contributed by atoms with Gasteiger partial charge in [-0.3, -0.25) is 4.79 Å². The van der Waals surface area contributed by atoms with Crippen LogP contribution in [0, 0.1) is 5.82 Å². The van der Waals surface area contributed by atoms with Crippen molar-refractivity contribution in [3.05, 3.63) is 66.7 Å². The molecule has 0 saturated heterocycles. The Bertz CT molecular complexity index is 1140. The minimum absolute atomic E-state index is 0.149. The van der Waals surface area contributed by atoms with E-state index >= 15 is 0 Å². The first-order valence-corrected chi connectivity index (χ1v) is 8.20. The van der Waals surface area contributed by atoms with Crippen molar-refractivity contribution in [1.29, 1.82) is 0 Å². The van der Waals surface area contributed by atoms with E-state index in [1.165, 1.54) is 25.4 Å². The number of hydrogen-bond acceptors (Lipinski definition) is 5. The van der Waals surface area contributed by atoms with E-state index < -0.39 is 0 Å².